The number of hydrazine groups is 1. The van der Waals surface area contributed by atoms with E-state index in [4.69, 9.17) is 11.6 Å². The lowest BCUT2D eigenvalue weighted by Crippen LogP contribution is -2.44. The van der Waals surface area contributed by atoms with Gasteiger partial charge >= 0.3 is 0 Å². The third-order valence-corrected chi connectivity index (χ3v) is 6.25. The van der Waals surface area contributed by atoms with Gasteiger partial charge in [-0.05, 0) is 24.1 Å². The lowest BCUT2D eigenvalue weighted by Gasteiger charge is -2.29. The molecule has 9 heteroatoms. The second kappa shape index (κ2) is 6.62. The maximum Gasteiger partial charge on any atom is 0.289 e. The number of nitro benzene ring substituents is 1. The van der Waals surface area contributed by atoms with Crippen LogP contribution in [-0.2, 0) is 9.59 Å². The van der Waals surface area contributed by atoms with Crippen LogP contribution in [0.1, 0.15) is 18.0 Å². The van der Waals surface area contributed by atoms with Gasteiger partial charge in [0, 0.05) is 19.2 Å². The highest BCUT2D eigenvalue weighted by Crippen LogP contribution is 2.49. The van der Waals surface area contributed by atoms with Crippen LogP contribution in [-0.4, -0.2) is 45.9 Å². The average Bonchev–Trinajstić information content (AvgIpc) is 3.35. The number of nitro groups is 1. The molecule has 3 saturated heterocycles. The number of hydrogen-bond donors (Lipinski definition) is 0. The van der Waals surface area contributed by atoms with E-state index < -0.39 is 16.9 Å². The van der Waals surface area contributed by atoms with Crippen molar-refractivity contribution >= 4 is 34.8 Å². The highest BCUT2D eigenvalue weighted by molar-refractivity contribution is 6.33. The van der Waals surface area contributed by atoms with E-state index >= 15 is 0 Å². The monoisotopic (exact) mass is 412 g/mol. The summed E-state index contributed by atoms with van der Waals surface area (Å²) in [6.07, 6.45) is 0.917. The Labute approximate surface area is 171 Å². The number of anilines is 1. The van der Waals surface area contributed by atoms with Crippen LogP contribution < -0.4 is 4.90 Å². The molecule has 0 radical (unpaired) electrons. The fourth-order valence-electron chi connectivity index (χ4n) is 4.80. The normalized spacial score (nSPS) is 26.8. The molecule has 0 aliphatic carbocycles. The fourth-order valence-corrected chi connectivity index (χ4v) is 4.98. The van der Waals surface area contributed by atoms with Crippen molar-refractivity contribution in [3.63, 3.8) is 0 Å². The summed E-state index contributed by atoms with van der Waals surface area (Å²) in [5.74, 6) is -1.23. The van der Waals surface area contributed by atoms with Gasteiger partial charge in [-0.1, -0.05) is 41.9 Å². The third kappa shape index (κ3) is 2.60. The van der Waals surface area contributed by atoms with Crippen molar-refractivity contribution in [3.8, 4) is 0 Å². The lowest BCUT2D eigenvalue weighted by molar-refractivity contribution is -0.384. The van der Waals surface area contributed by atoms with E-state index in [1.165, 1.54) is 18.2 Å². The molecule has 2 aromatic carbocycles. The van der Waals surface area contributed by atoms with E-state index in [1.807, 2.05) is 35.3 Å². The average molecular weight is 413 g/mol. The first kappa shape index (κ1) is 18.2. The largest absolute Gasteiger partial charge is 0.289 e. The molecular formula is C20H17ClN4O4. The zero-order chi connectivity index (χ0) is 20.3. The SMILES string of the molecule is O=C1[C@@H]2[C@H](C(=O)N1c1ccc(Cl)c([N+](=O)[O-])c1)N1CCCN1[C@H]2c1ccccc1. The summed E-state index contributed by atoms with van der Waals surface area (Å²) in [7, 11) is 0. The second-order valence-electron chi connectivity index (χ2n) is 7.41. The number of hydrogen-bond acceptors (Lipinski definition) is 6. The standard InChI is InChI=1S/C20H17ClN4O4/c21-14-8-7-13(11-15(14)25(28)29)24-19(26)16-17(12-5-2-1-3-6-12)22-9-4-10-23(22)18(16)20(24)27/h1-3,5-8,11,16-18H,4,9-10H2/t16-,17-,18+/m0/s1. The maximum atomic E-state index is 13.4. The van der Waals surface area contributed by atoms with Gasteiger partial charge in [0.25, 0.3) is 11.6 Å². The van der Waals surface area contributed by atoms with E-state index in [-0.39, 0.29) is 34.3 Å². The molecule has 29 heavy (non-hydrogen) atoms. The van der Waals surface area contributed by atoms with Crippen molar-refractivity contribution in [2.24, 2.45) is 5.92 Å². The van der Waals surface area contributed by atoms with Crippen LogP contribution in [0.5, 0.6) is 0 Å². The van der Waals surface area contributed by atoms with Gasteiger partial charge in [-0.15, -0.1) is 0 Å². The Hall–Kier alpha value is -2.81. The Kier molecular flexibility index (Phi) is 4.16. The zero-order valence-corrected chi connectivity index (χ0v) is 16.0. The van der Waals surface area contributed by atoms with Crippen molar-refractivity contribution in [2.45, 2.75) is 18.5 Å². The maximum absolute atomic E-state index is 13.4. The first-order valence-corrected chi connectivity index (χ1v) is 9.77. The van der Waals surface area contributed by atoms with Crippen molar-refractivity contribution in [2.75, 3.05) is 18.0 Å². The van der Waals surface area contributed by atoms with Gasteiger partial charge in [-0.25, -0.2) is 14.9 Å². The summed E-state index contributed by atoms with van der Waals surface area (Å²) in [5, 5.41) is 15.3. The lowest BCUT2D eigenvalue weighted by atomic mass is 9.90. The Morgan fingerprint density at radius 1 is 0.966 bits per heavy atom. The minimum absolute atomic E-state index is 0.0362. The van der Waals surface area contributed by atoms with Crippen molar-refractivity contribution < 1.29 is 14.5 Å². The van der Waals surface area contributed by atoms with Gasteiger partial charge in [-0.3, -0.25) is 19.7 Å². The molecular weight excluding hydrogens is 396 g/mol. The van der Waals surface area contributed by atoms with Crippen LogP contribution >= 0.6 is 11.6 Å². The Morgan fingerprint density at radius 3 is 2.34 bits per heavy atom. The molecule has 0 saturated carbocycles. The number of rotatable bonds is 3. The van der Waals surface area contributed by atoms with Crippen LogP contribution in [0.3, 0.4) is 0 Å². The van der Waals surface area contributed by atoms with Crippen molar-refractivity contribution in [1.29, 1.82) is 0 Å². The van der Waals surface area contributed by atoms with Gasteiger partial charge in [0.1, 0.15) is 11.1 Å². The highest BCUT2D eigenvalue weighted by atomic mass is 35.5. The van der Waals surface area contributed by atoms with E-state index in [1.54, 1.807) is 0 Å². The fraction of sp³-hybridized carbons (Fsp3) is 0.300. The molecule has 2 amide bonds. The zero-order valence-electron chi connectivity index (χ0n) is 15.3. The van der Waals surface area contributed by atoms with E-state index in [9.17, 15) is 19.7 Å². The number of amides is 2. The van der Waals surface area contributed by atoms with Crippen LogP contribution in [0.25, 0.3) is 0 Å². The van der Waals surface area contributed by atoms with Crippen LogP contribution in [0.15, 0.2) is 48.5 Å². The van der Waals surface area contributed by atoms with Gasteiger partial charge < -0.3 is 0 Å². The Morgan fingerprint density at radius 2 is 1.66 bits per heavy atom. The molecule has 0 spiro atoms. The number of halogens is 1. The molecule has 0 N–H and O–H groups in total. The van der Waals surface area contributed by atoms with E-state index in [0.29, 0.717) is 6.54 Å². The van der Waals surface area contributed by atoms with Gasteiger partial charge in [0.15, 0.2) is 0 Å². The van der Waals surface area contributed by atoms with Crippen LogP contribution in [0.2, 0.25) is 5.02 Å². The van der Waals surface area contributed by atoms with Gasteiger partial charge in [0.05, 0.1) is 22.6 Å². The topological polar surface area (TPSA) is 87.0 Å². The summed E-state index contributed by atoms with van der Waals surface area (Å²) in [6, 6.07) is 12.9. The molecule has 3 fully saturated rings. The molecule has 8 nitrogen and oxygen atoms in total. The number of carbonyl (C=O) groups is 2. The first-order chi connectivity index (χ1) is 14.0. The number of fused-ring (bicyclic) bond motifs is 3. The summed E-state index contributed by atoms with van der Waals surface area (Å²) in [4.78, 5) is 38.5. The molecule has 3 aliphatic heterocycles. The quantitative estimate of drug-likeness (QED) is 0.437. The molecule has 3 atom stereocenters. The number of imide groups is 1. The molecule has 148 valence electrons. The second-order valence-corrected chi connectivity index (χ2v) is 7.82. The molecule has 3 aliphatic rings. The summed E-state index contributed by atoms with van der Waals surface area (Å²) in [6.45, 7) is 1.50. The van der Waals surface area contributed by atoms with E-state index in [0.717, 1.165) is 23.4 Å². The van der Waals surface area contributed by atoms with E-state index in [2.05, 4.69) is 5.01 Å². The first-order valence-electron chi connectivity index (χ1n) is 9.39. The third-order valence-electron chi connectivity index (χ3n) is 5.93. The molecule has 5 rings (SSSR count). The molecule has 2 aromatic rings. The Bertz CT molecular complexity index is 1030. The van der Waals surface area contributed by atoms with Gasteiger partial charge in [-0.2, -0.15) is 0 Å². The number of nitrogens with zero attached hydrogens (tertiary/aromatic N) is 4. The predicted octanol–water partition coefficient (Wildman–Crippen LogP) is 2.78. The predicted molar refractivity (Wildman–Crippen MR) is 105 cm³/mol. The highest BCUT2D eigenvalue weighted by Gasteiger charge is 2.62. The van der Waals surface area contributed by atoms with Gasteiger partial charge in [0.2, 0.25) is 5.91 Å². The molecule has 0 aromatic heterocycles. The van der Waals surface area contributed by atoms with Crippen LogP contribution in [0.4, 0.5) is 11.4 Å². The summed E-state index contributed by atoms with van der Waals surface area (Å²) < 4.78 is 0. The van der Waals surface area contributed by atoms with Crippen molar-refractivity contribution in [1.82, 2.24) is 10.0 Å². The number of benzene rings is 2. The van der Waals surface area contributed by atoms with Crippen molar-refractivity contribution in [3.05, 3.63) is 69.2 Å². The smallest absolute Gasteiger partial charge is 0.274 e. The molecule has 3 heterocycles. The molecule has 0 bridgehead atoms. The Balaban J connectivity index is 1.58. The summed E-state index contributed by atoms with van der Waals surface area (Å²) in [5.41, 5.74) is 0.837. The summed E-state index contributed by atoms with van der Waals surface area (Å²) >= 11 is 5.90. The van der Waals surface area contributed by atoms with Crippen LogP contribution in [0, 0.1) is 16.0 Å². The minimum atomic E-state index is -0.618. The molecule has 0 unspecified atom stereocenters. The minimum Gasteiger partial charge on any atom is -0.274 e. The number of carbonyl (C=O) groups excluding carboxylic acids is 2.